The summed E-state index contributed by atoms with van der Waals surface area (Å²) >= 11 is 1.59. The molecule has 1 aromatic heterocycles. The van der Waals surface area contributed by atoms with E-state index in [0.29, 0.717) is 13.0 Å². The van der Waals surface area contributed by atoms with Crippen LogP contribution in [-0.4, -0.2) is 33.3 Å². The molecule has 1 aromatic rings. The van der Waals surface area contributed by atoms with Gasteiger partial charge in [-0.25, -0.2) is 4.98 Å². The number of amides is 2. The SMILES string of the molecule is CCC1C(=O)NC2(CCCC2)C(=O)N1Cc1ncc(C)s1. The lowest BCUT2D eigenvalue weighted by molar-refractivity contribution is -0.155. The molecule has 1 saturated heterocycles. The second-order valence-electron chi connectivity index (χ2n) is 6.00. The van der Waals surface area contributed by atoms with E-state index in [0.717, 1.165) is 35.6 Å². The lowest BCUT2D eigenvalue weighted by Gasteiger charge is -2.44. The quantitative estimate of drug-likeness (QED) is 0.929. The number of hydrogen-bond donors (Lipinski definition) is 1. The highest BCUT2D eigenvalue weighted by molar-refractivity contribution is 7.11. The molecule has 114 valence electrons. The van der Waals surface area contributed by atoms with Crippen LogP contribution in [0, 0.1) is 6.92 Å². The van der Waals surface area contributed by atoms with Gasteiger partial charge in [0.25, 0.3) is 0 Å². The van der Waals surface area contributed by atoms with E-state index in [9.17, 15) is 9.59 Å². The van der Waals surface area contributed by atoms with Gasteiger partial charge in [-0.1, -0.05) is 19.8 Å². The fraction of sp³-hybridized carbons (Fsp3) is 0.667. The van der Waals surface area contributed by atoms with Crippen molar-refractivity contribution in [3.63, 3.8) is 0 Å². The van der Waals surface area contributed by atoms with Crippen molar-refractivity contribution in [2.24, 2.45) is 0 Å². The molecule has 2 heterocycles. The summed E-state index contributed by atoms with van der Waals surface area (Å²) in [5.41, 5.74) is -0.644. The minimum absolute atomic E-state index is 0.00715. The fourth-order valence-electron chi connectivity index (χ4n) is 3.46. The average molecular weight is 307 g/mol. The van der Waals surface area contributed by atoms with Gasteiger partial charge in [-0.15, -0.1) is 11.3 Å². The van der Waals surface area contributed by atoms with E-state index in [1.165, 1.54) is 0 Å². The Morgan fingerprint density at radius 1 is 1.43 bits per heavy atom. The lowest BCUT2D eigenvalue weighted by atomic mass is 9.90. The maximum absolute atomic E-state index is 13.0. The first-order valence-corrected chi connectivity index (χ1v) is 8.42. The van der Waals surface area contributed by atoms with Gasteiger partial charge in [0.15, 0.2) is 0 Å². The minimum Gasteiger partial charge on any atom is -0.340 e. The average Bonchev–Trinajstić information content (AvgIpc) is 3.06. The number of aromatic nitrogens is 1. The van der Waals surface area contributed by atoms with Crippen molar-refractivity contribution < 1.29 is 9.59 Å². The zero-order valence-electron chi connectivity index (χ0n) is 12.5. The predicted octanol–water partition coefficient (Wildman–Crippen LogP) is 2.00. The number of carbonyl (C=O) groups is 2. The molecule has 1 aliphatic carbocycles. The van der Waals surface area contributed by atoms with Gasteiger partial charge in [0.2, 0.25) is 11.8 Å². The van der Waals surface area contributed by atoms with E-state index < -0.39 is 5.54 Å². The molecule has 2 aliphatic rings. The number of nitrogens with one attached hydrogen (secondary N) is 1. The number of nitrogens with zero attached hydrogens (tertiary/aromatic N) is 2. The molecule has 2 amide bonds. The molecule has 0 aromatic carbocycles. The molecule has 6 heteroatoms. The van der Waals surface area contributed by atoms with Crippen LogP contribution in [-0.2, 0) is 16.1 Å². The largest absolute Gasteiger partial charge is 0.340 e. The number of rotatable bonds is 3. The van der Waals surface area contributed by atoms with Crippen molar-refractivity contribution >= 4 is 23.2 Å². The molecule has 3 rings (SSSR count). The van der Waals surface area contributed by atoms with Gasteiger partial charge in [0.1, 0.15) is 16.6 Å². The highest BCUT2D eigenvalue weighted by Crippen LogP contribution is 2.35. The van der Waals surface area contributed by atoms with Crippen LogP contribution < -0.4 is 5.32 Å². The summed E-state index contributed by atoms with van der Waals surface area (Å²) in [6.45, 7) is 4.40. The normalized spacial score (nSPS) is 24.7. The van der Waals surface area contributed by atoms with E-state index in [4.69, 9.17) is 0 Å². The molecule has 0 radical (unpaired) electrons. The van der Waals surface area contributed by atoms with Gasteiger partial charge < -0.3 is 10.2 Å². The summed E-state index contributed by atoms with van der Waals surface area (Å²) in [6, 6.07) is -0.368. The number of piperazine rings is 1. The highest BCUT2D eigenvalue weighted by atomic mass is 32.1. The summed E-state index contributed by atoms with van der Waals surface area (Å²) in [6.07, 6.45) is 6.00. The second-order valence-corrected chi connectivity index (χ2v) is 7.32. The van der Waals surface area contributed by atoms with Crippen molar-refractivity contribution in [2.75, 3.05) is 0 Å². The third-order valence-corrected chi connectivity index (χ3v) is 5.43. The van der Waals surface area contributed by atoms with Crippen LogP contribution in [0.25, 0.3) is 0 Å². The first-order valence-electron chi connectivity index (χ1n) is 7.60. The smallest absolute Gasteiger partial charge is 0.249 e. The summed E-state index contributed by atoms with van der Waals surface area (Å²) in [7, 11) is 0. The van der Waals surface area contributed by atoms with Crippen molar-refractivity contribution in [3.8, 4) is 0 Å². The van der Waals surface area contributed by atoms with Crippen LogP contribution in [0.15, 0.2) is 6.20 Å². The summed E-state index contributed by atoms with van der Waals surface area (Å²) in [4.78, 5) is 32.6. The maximum atomic E-state index is 13.0. The van der Waals surface area contributed by atoms with Crippen LogP contribution >= 0.6 is 11.3 Å². The zero-order chi connectivity index (χ0) is 15.0. The molecule has 21 heavy (non-hydrogen) atoms. The van der Waals surface area contributed by atoms with Crippen molar-refractivity contribution in [3.05, 3.63) is 16.1 Å². The Kier molecular flexibility index (Phi) is 3.73. The Bertz CT molecular complexity index is 563. The molecule has 5 nitrogen and oxygen atoms in total. The first-order chi connectivity index (χ1) is 10.1. The first kappa shape index (κ1) is 14.5. The number of hydrogen-bond acceptors (Lipinski definition) is 4. The van der Waals surface area contributed by atoms with Crippen LogP contribution in [0.3, 0.4) is 0 Å². The summed E-state index contributed by atoms with van der Waals surface area (Å²) < 4.78 is 0. The van der Waals surface area contributed by atoms with Crippen molar-refractivity contribution in [1.82, 2.24) is 15.2 Å². The molecule has 2 fully saturated rings. The van der Waals surface area contributed by atoms with E-state index in [1.807, 2.05) is 20.0 Å². The van der Waals surface area contributed by atoms with Gasteiger partial charge in [-0.2, -0.15) is 0 Å². The zero-order valence-corrected chi connectivity index (χ0v) is 13.3. The Hall–Kier alpha value is -1.43. The van der Waals surface area contributed by atoms with Gasteiger partial charge in [0.05, 0.1) is 6.54 Å². The van der Waals surface area contributed by atoms with Gasteiger partial charge >= 0.3 is 0 Å². The van der Waals surface area contributed by atoms with Gasteiger partial charge in [-0.3, -0.25) is 9.59 Å². The molecule has 1 unspecified atom stereocenters. The monoisotopic (exact) mass is 307 g/mol. The highest BCUT2D eigenvalue weighted by Gasteiger charge is 2.51. The molecule has 1 spiro atoms. The van der Waals surface area contributed by atoms with Crippen LogP contribution in [0.2, 0.25) is 0 Å². The van der Waals surface area contributed by atoms with E-state index in [2.05, 4.69) is 10.3 Å². The van der Waals surface area contributed by atoms with Gasteiger partial charge in [0, 0.05) is 11.1 Å². The molecule has 1 aliphatic heterocycles. The Labute approximate surface area is 128 Å². The molecule has 1 atom stereocenters. The van der Waals surface area contributed by atoms with E-state index in [1.54, 1.807) is 16.2 Å². The van der Waals surface area contributed by atoms with E-state index >= 15 is 0 Å². The number of aryl methyl sites for hydroxylation is 1. The van der Waals surface area contributed by atoms with Crippen molar-refractivity contribution in [1.29, 1.82) is 0 Å². The van der Waals surface area contributed by atoms with E-state index in [-0.39, 0.29) is 17.9 Å². The molecule has 1 N–H and O–H groups in total. The lowest BCUT2D eigenvalue weighted by Crippen LogP contribution is -2.69. The fourth-order valence-corrected chi connectivity index (χ4v) is 4.24. The number of carbonyl (C=O) groups excluding carboxylic acids is 2. The molecular weight excluding hydrogens is 286 g/mol. The van der Waals surface area contributed by atoms with Crippen LogP contribution in [0.4, 0.5) is 0 Å². The summed E-state index contributed by atoms with van der Waals surface area (Å²) in [5, 5.41) is 3.92. The Balaban J connectivity index is 1.89. The maximum Gasteiger partial charge on any atom is 0.249 e. The van der Waals surface area contributed by atoms with Crippen molar-refractivity contribution in [2.45, 2.75) is 64.1 Å². The third kappa shape index (κ3) is 2.46. The molecule has 1 saturated carbocycles. The van der Waals surface area contributed by atoms with Gasteiger partial charge in [-0.05, 0) is 26.2 Å². The second kappa shape index (κ2) is 5.40. The molecular formula is C15H21N3O2S. The van der Waals surface area contributed by atoms with Crippen LogP contribution in [0.1, 0.15) is 48.9 Å². The minimum atomic E-state index is -0.644. The Morgan fingerprint density at radius 3 is 2.71 bits per heavy atom. The molecule has 0 bridgehead atoms. The standard InChI is InChI=1S/C15H21N3O2S/c1-3-11-13(19)17-15(6-4-5-7-15)14(20)18(11)9-12-16-8-10(2)21-12/h8,11H,3-7,9H2,1-2H3,(H,17,19). The third-order valence-electron chi connectivity index (χ3n) is 4.53. The summed E-state index contributed by atoms with van der Waals surface area (Å²) in [5.74, 6) is 0.0755. The van der Waals surface area contributed by atoms with Crippen LogP contribution in [0.5, 0.6) is 0 Å². The Morgan fingerprint density at radius 2 is 2.14 bits per heavy atom. The topological polar surface area (TPSA) is 62.3 Å². The number of thiazole rings is 1. The predicted molar refractivity (Wildman–Crippen MR) is 80.8 cm³/mol.